The molecule has 0 heterocycles. The molecule has 0 saturated carbocycles. The van der Waals surface area contributed by atoms with Gasteiger partial charge < -0.3 is 10.6 Å². The minimum Gasteiger partial charge on any atom is -0.355 e. The molecular formula is C12H24N2OS. The summed E-state index contributed by atoms with van der Waals surface area (Å²) in [6, 6.07) is 0.498. The Hall–Kier alpha value is -0.480. The number of hydrogen-bond acceptors (Lipinski definition) is 3. The lowest BCUT2D eigenvalue weighted by Crippen LogP contribution is -2.28. The van der Waals surface area contributed by atoms with E-state index in [0.717, 1.165) is 31.0 Å². The molecule has 0 bridgehead atoms. The normalized spacial score (nSPS) is 10.4. The minimum atomic E-state index is 0.157. The molecule has 0 aliphatic carbocycles. The fourth-order valence-electron chi connectivity index (χ4n) is 1.16. The molecule has 2 N–H and O–H groups in total. The summed E-state index contributed by atoms with van der Waals surface area (Å²) >= 11 is 1.78. The molecule has 0 saturated heterocycles. The molecule has 0 fully saturated rings. The third-order valence-electron chi connectivity index (χ3n) is 1.94. The highest BCUT2D eigenvalue weighted by Crippen LogP contribution is 1.97. The van der Waals surface area contributed by atoms with Crippen molar-refractivity contribution < 1.29 is 4.79 Å². The first-order chi connectivity index (χ1) is 7.66. The van der Waals surface area contributed by atoms with Gasteiger partial charge in [-0.25, -0.2) is 0 Å². The van der Waals surface area contributed by atoms with Crippen LogP contribution in [0.1, 0.15) is 26.7 Å². The lowest BCUT2D eigenvalue weighted by molar-refractivity contribution is -0.121. The molecule has 0 spiro atoms. The van der Waals surface area contributed by atoms with Gasteiger partial charge in [-0.1, -0.05) is 19.9 Å². The number of carbonyl (C=O) groups excluding carboxylic acids is 1. The van der Waals surface area contributed by atoms with Gasteiger partial charge in [-0.3, -0.25) is 4.79 Å². The van der Waals surface area contributed by atoms with Crippen LogP contribution in [0.3, 0.4) is 0 Å². The summed E-state index contributed by atoms with van der Waals surface area (Å²) in [5.74, 6) is 2.07. The predicted molar refractivity (Wildman–Crippen MR) is 72.9 cm³/mol. The summed E-state index contributed by atoms with van der Waals surface area (Å²) in [5.41, 5.74) is 0. The molecule has 0 atom stereocenters. The molecule has 4 heteroatoms. The fourth-order valence-corrected chi connectivity index (χ4v) is 1.74. The average Bonchev–Trinajstić information content (AvgIpc) is 2.24. The summed E-state index contributed by atoms with van der Waals surface area (Å²) in [7, 11) is 0. The van der Waals surface area contributed by atoms with Crippen molar-refractivity contribution in [1.82, 2.24) is 10.6 Å². The van der Waals surface area contributed by atoms with Crippen molar-refractivity contribution in [2.45, 2.75) is 32.7 Å². The largest absolute Gasteiger partial charge is 0.355 e. The van der Waals surface area contributed by atoms with Crippen molar-refractivity contribution in [2.24, 2.45) is 0 Å². The smallest absolute Gasteiger partial charge is 0.220 e. The Labute approximate surface area is 103 Å². The first kappa shape index (κ1) is 15.5. The zero-order chi connectivity index (χ0) is 12.2. The van der Waals surface area contributed by atoms with Crippen molar-refractivity contribution in [2.75, 3.05) is 24.6 Å². The van der Waals surface area contributed by atoms with Gasteiger partial charge in [0, 0.05) is 30.5 Å². The molecule has 0 rings (SSSR count). The first-order valence-corrected chi connectivity index (χ1v) is 7.01. The maximum absolute atomic E-state index is 11.4. The molecule has 0 aromatic carbocycles. The summed E-state index contributed by atoms with van der Waals surface area (Å²) in [5, 5.41) is 6.20. The van der Waals surface area contributed by atoms with E-state index in [-0.39, 0.29) is 5.91 Å². The minimum absolute atomic E-state index is 0.157. The number of hydrogen-bond donors (Lipinski definition) is 2. The molecule has 3 nitrogen and oxygen atoms in total. The summed E-state index contributed by atoms with van der Waals surface area (Å²) in [4.78, 5) is 11.4. The Balaban J connectivity index is 3.21. The Morgan fingerprint density at radius 1 is 1.44 bits per heavy atom. The van der Waals surface area contributed by atoms with E-state index in [1.165, 1.54) is 0 Å². The monoisotopic (exact) mass is 244 g/mol. The quantitative estimate of drug-likeness (QED) is 0.455. The van der Waals surface area contributed by atoms with Crippen LogP contribution in [0.25, 0.3) is 0 Å². The maximum atomic E-state index is 11.4. The van der Waals surface area contributed by atoms with Crippen LogP contribution in [-0.2, 0) is 4.79 Å². The number of rotatable bonds is 10. The van der Waals surface area contributed by atoms with E-state index in [1.54, 1.807) is 11.8 Å². The van der Waals surface area contributed by atoms with Crippen molar-refractivity contribution in [3.63, 3.8) is 0 Å². The van der Waals surface area contributed by atoms with Crippen LogP contribution in [0.4, 0.5) is 0 Å². The molecule has 94 valence electrons. The van der Waals surface area contributed by atoms with Gasteiger partial charge in [0.25, 0.3) is 0 Å². The second kappa shape index (κ2) is 11.0. The van der Waals surface area contributed by atoms with E-state index < -0.39 is 0 Å². The van der Waals surface area contributed by atoms with Crippen molar-refractivity contribution in [1.29, 1.82) is 0 Å². The zero-order valence-electron chi connectivity index (χ0n) is 10.4. The molecule has 0 aliphatic heterocycles. The Bertz CT molecular complexity index is 195. The zero-order valence-corrected chi connectivity index (χ0v) is 11.2. The summed E-state index contributed by atoms with van der Waals surface area (Å²) in [6.07, 6.45) is 3.40. The SMILES string of the molecule is C=CCSCCNC(=O)CCCNC(C)C. The van der Waals surface area contributed by atoms with Crippen LogP contribution in [0.15, 0.2) is 12.7 Å². The highest BCUT2D eigenvalue weighted by molar-refractivity contribution is 7.99. The van der Waals surface area contributed by atoms with E-state index in [2.05, 4.69) is 31.1 Å². The van der Waals surface area contributed by atoms with Gasteiger partial charge in [0.05, 0.1) is 0 Å². The van der Waals surface area contributed by atoms with Gasteiger partial charge in [0.15, 0.2) is 0 Å². The Morgan fingerprint density at radius 2 is 2.19 bits per heavy atom. The van der Waals surface area contributed by atoms with Gasteiger partial charge in [0.1, 0.15) is 0 Å². The second-order valence-electron chi connectivity index (χ2n) is 3.93. The lowest BCUT2D eigenvalue weighted by Gasteiger charge is -2.08. The van der Waals surface area contributed by atoms with E-state index in [9.17, 15) is 4.79 Å². The van der Waals surface area contributed by atoms with Crippen LogP contribution in [0, 0.1) is 0 Å². The molecule has 0 aliphatic rings. The number of carbonyl (C=O) groups is 1. The van der Waals surface area contributed by atoms with Crippen molar-refractivity contribution in [3.8, 4) is 0 Å². The van der Waals surface area contributed by atoms with Gasteiger partial charge >= 0.3 is 0 Å². The van der Waals surface area contributed by atoms with Gasteiger partial charge in [0.2, 0.25) is 5.91 Å². The van der Waals surface area contributed by atoms with Gasteiger partial charge in [-0.05, 0) is 13.0 Å². The van der Waals surface area contributed by atoms with E-state index in [1.807, 2.05) is 6.08 Å². The van der Waals surface area contributed by atoms with Crippen LogP contribution in [0.2, 0.25) is 0 Å². The van der Waals surface area contributed by atoms with Crippen LogP contribution >= 0.6 is 11.8 Å². The fraction of sp³-hybridized carbons (Fsp3) is 0.750. The maximum Gasteiger partial charge on any atom is 0.220 e. The molecule has 16 heavy (non-hydrogen) atoms. The van der Waals surface area contributed by atoms with Crippen LogP contribution in [0.5, 0.6) is 0 Å². The van der Waals surface area contributed by atoms with Crippen LogP contribution in [-0.4, -0.2) is 36.5 Å². The molecule has 1 amide bonds. The van der Waals surface area contributed by atoms with E-state index in [4.69, 9.17) is 0 Å². The van der Waals surface area contributed by atoms with E-state index in [0.29, 0.717) is 12.5 Å². The second-order valence-corrected chi connectivity index (χ2v) is 5.08. The standard InChI is InChI=1S/C12H24N2OS/c1-4-9-16-10-8-14-12(15)6-5-7-13-11(2)3/h4,11,13H,1,5-10H2,2-3H3,(H,14,15). The number of nitrogens with one attached hydrogen (secondary N) is 2. The number of amides is 1. The molecule has 0 radical (unpaired) electrons. The third-order valence-corrected chi connectivity index (χ3v) is 2.90. The molecule has 0 aromatic heterocycles. The van der Waals surface area contributed by atoms with E-state index >= 15 is 0 Å². The molecular weight excluding hydrogens is 220 g/mol. The van der Waals surface area contributed by atoms with Crippen LogP contribution < -0.4 is 10.6 Å². The Kier molecular flexibility index (Phi) is 10.7. The first-order valence-electron chi connectivity index (χ1n) is 5.85. The highest BCUT2D eigenvalue weighted by atomic mass is 32.2. The average molecular weight is 244 g/mol. The summed E-state index contributed by atoms with van der Waals surface area (Å²) in [6.45, 7) is 9.53. The topological polar surface area (TPSA) is 41.1 Å². The molecule has 0 unspecified atom stereocenters. The predicted octanol–water partition coefficient (Wildman–Crippen LogP) is 1.80. The van der Waals surface area contributed by atoms with Gasteiger partial charge in [-0.15, -0.1) is 6.58 Å². The van der Waals surface area contributed by atoms with Crippen molar-refractivity contribution >= 4 is 17.7 Å². The van der Waals surface area contributed by atoms with Gasteiger partial charge in [-0.2, -0.15) is 11.8 Å². The third kappa shape index (κ3) is 11.6. The molecule has 0 aromatic rings. The highest BCUT2D eigenvalue weighted by Gasteiger charge is 2.00. The lowest BCUT2D eigenvalue weighted by atomic mass is 10.3. The summed E-state index contributed by atoms with van der Waals surface area (Å²) < 4.78 is 0. The Morgan fingerprint density at radius 3 is 2.81 bits per heavy atom. The van der Waals surface area contributed by atoms with Crippen molar-refractivity contribution in [3.05, 3.63) is 12.7 Å². The number of thioether (sulfide) groups is 1.